The summed E-state index contributed by atoms with van der Waals surface area (Å²) in [5.74, 6) is 0. The lowest BCUT2D eigenvalue weighted by Crippen LogP contribution is -2.35. The molecule has 4 rings (SSSR count). The highest BCUT2D eigenvalue weighted by Gasteiger charge is 2.33. The minimum atomic E-state index is -4.41. The molecule has 0 bridgehead atoms. The minimum absolute atomic E-state index is 0.0913. The predicted molar refractivity (Wildman–Crippen MR) is 92.6 cm³/mol. The summed E-state index contributed by atoms with van der Waals surface area (Å²) in [4.78, 5) is 9.05. The van der Waals surface area contributed by atoms with E-state index in [0.29, 0.717) is 5.56 Å². The molecule has 1 aliphatic rings. The third-order valence-corrected chi connectivity index (χ3v) is 4.61. The van der Waals surface area contributed by atoms with E-state index >= 15 is 0 Å². The monoisotopic (exact) mass is 361 g/mol. The van der Waals surface area contributed by atoms with Crippen LogP contribution in [0.1, 0.15) is 11.1 Å². The maximum Gasteiger partial charge on any atom is 0.418 e. The molecule has 0 radical (unpaired) electrons. The number of ether oxygens (including phenoxy) is 1. The largest absolute Gasteiger partial charge is 0.418 e. The van der Waals surface area contributed by atoms with Crippen LogP contribution >= 0.6 is 0 Å². The lowest BCUT2D eigenvalue weighted by atomic mass is 10.0. The summed E-state index contributed by atoms with van der Waals surface area (Å²) in [5, 5.41) is 0.0913. The number of nitrogens with zero attached hydrogens (tertiary/aromatic N) is 2. The Morgan fingerprint density at radius 1 is 1.12 bits per heavy atom. The van der Waals surface area contributed by atoms with Gasteiger partial charge in [0.1, 0.15) is 5.65 Å². The van der Waals surface area contributed by atoms with Crippen molar-refractivity contribution < 1.29 is 17.9 Å². The number of hydrogen-bond donors (Lipinski definition) is 1. The number of H-pyrrole nitrogens is 1. The van der Waals surface area contributed by atoms with E-state index in [1.54, 1.807) is 12.3 Å². The van der Waals surface area contributed by atoms with Gasteiger partial charge in [-0.3, -0.25) is 4.90 Å². The van der Waals surface area contributed by atoms with Crippen LogP contribution in [0.5, 0.6) is 0 Å². The number of aromatic amines is 1. The Balaban J connectivity index is 1.65. The fourth-order valence-electron chi connectivity index (χ4n) is 3.26. The van der Waals surface area contributed by atoms with Crippen molar-refractivity contribution in [3.8, 4) is 11.1 Å². The molecule has 3 aromatic rings. The molecule has 7 heteroatoms. The maximum atomic E-state index is 13.1. The zero-order valence-electron chi connectivity index (χ0n) is 14.0. The third kappa shape index (κ3) is 3.45. The number of benzene rings is 1. The van der Waals surface area contributed by atoms with Crippen molar-refractivity contribution in [2.75, 3.05) is 26.3 Å². The highest BCUT2D eigenvalue weighted by atomic mass is 19.4. The summed E-state index contributed by atoms with van der Waals surface area (Å²) in [5.41, 5.74) is 2.21. The molecule has 0 amide bonds. The van der Waals surface area contributed by atoms with Crippen LogP contribution < -0.4 is 0 Å². The second-order valence-corrected chi connectivity index (χ2v) is 6.41. The summed E-state index contributed by atoms with van der Waals surface area (Å²) in [6, 6.07) is 9.42. The smallest absolute Gasteiger partial charge is 0.379 e. The number of fused-ring (bicyclic) bond motifs is 1. The van der Waals surface area contributed by atoms with Gasteiger partial charge in [0.15, 0.2) is 0 Å². The molecule has 1 aliphatic heterocycles. The van der Waals surface area contributed by atoms with Gasteiger partial charge in [0.25, 0.3) is 0 Å². The van der Waals surface area contributed by atoms with E-state index in [1.165, 1.54) is 0 Å². The average molecular weight is 361 g/mol. The SMILES string of the molecule is FC(F)(F)c1c[nH]c2ncc(-c3cccc(CN4CCOCC4)c3)cc12. The summed E-state index contributed by atoms with van der Waals surface area (Å²) in [6.07, 6.45) is -1.83. The van der Waals surface area contributed by atoms with Gasteiger partial charge in [0, 0.05) is 43.0 Å². The quantitative estimate of drug-likeness (QED) is 0.764. The molecule has 136 valence electrons. The Kier molecular flexibility index (Phi) is 4.42. The molecule has 0 saturated carbocycles. The second kappa shape index (κ2) is 6.74. The van der Waals surface area contributed by atoms with Gasteiger partial charge >= 0.3 is 6.18 Å². The van der Waals surface area contributed by atoms with Crippen LogP contribution in [-0.4, -0.2) is 41.2 Å². The van der Waals surface area contributed by atoms with Gasteiger partial charge in [-0.25, -0.2) is 4.98 Å². The van der Waals surface area contributed by atoms with Crippen molar-refractivity contribution in [1.82, 2.24) is 14.9 Å². The molecule has 0 atom stereocenters. The molecule has 1 N–H and O–H groups in total. The number of pyridine rings is 1. The van der Waals surface area contributed by atoms with Crippen LogP contribution in [0.3, 0.4) is 0 Å². The number of hydrogen-bond acceptors (Lipinski definition) is 3. The predicted octanol–water partition coefficient (Wildman–Crippen LogP) is 4.08. The first-order chi connectivity index (χ1) is 12.5. The maximum absolute atomic E-state index is 13.1. The van der Waals surface area contributed by atoms with Crippen molar-refractivity contribution in [2.24, 2.45) is 0 Å². The van der Waals surface area contributed by atoms with Crippen LogP contribution in [0.15, 0.2) is 42.7 Å². The van der Waals surface area contributed by atoms with Crippen LogP contribution in [0.25, 0.3) is 22.2 Å². The second-order valence-electron chi connectivity index (χ2n) is 6.41. The lowest BCUT2D eigenvalue weighted by molar-refractivity contribution is -0.136. The van der Waals surface area contributed by atoms with E-state index in [4.69, 9.17) is 4.74 Å². The first kappa shape index (κ1) is 17.1. The van der Waals surface area contributed by atoms with Crippen LogP contribution in [0.4, 0.5) is 13.2 Å². The highest BCUT2D eigenvalue weighted by molar-refractivity contribution is 5.85. The van der Waals surface area contributed by atoms with Crippen LogP contribution in [-0.2, 0) is 17.5 Å². The Morgan fingerprint density at radius 2 is 1.92 bits per heavy atom. The number of aromatic nitrogens is 2. The van der Waals surface area contributed by atoms with Crippen LogP contribution in [0, 0.1) is 0 Å². The Labute approximate surface area is 148 Å². The highest BCUT2D eigenvalue weighted by Crippen LogP contribution is 2.35. The topological polar surface area (TPSA) is 41.2 Å². The zero-order chi connectivity index (χ0) is 18.1. The standard InChI is InChI=1S/C19H18F3N3O/c20-19(21,22)17-11-24-18-16(17)9-15(10-23-18)14-3-1-2-13(8-14)12-25-4-6-26-7-5-25/h1-3,8-11H,4-7,12H2,(H,23,24). The number of alkyl halides is 3. The molecule has 4 nitrogen and oxygen atoms in total. The van der Waals surface area contributed by atoms with Gasteiger partial charge in [-0.2, -0.15) is 13.2 Å². The zero-order valence-corrected chi connectivity index (χ0v) is 14.0. The normalized spacial score (nSPS) is 16.3. The fraction of sp³-hybridized carbons (Fsp3) is 0.316. The van der Waals surface area contributed by atoms with Crippen molar-refractivity contribution >= 4 is 11.0 Å². The summed E-state index contributed by atoms with van der Waals surface area (Å²) in [6.45, 7) is 4.03. The molecule has 0 aliphatic carbocycles. The molecule has 26 heavy (non-hydrogen) atoms. The van der Waals surface area contributed by atoms with Gasteiger partial charge in [-0.15, -0.1) is 0 Å². The van der Waals surface area contributed by atoms with Crippen molar-refractivity contribution in [2.45, 2.75) is 12.7 Å². The molecule has 1 saturated heterocycles. The van der Waals surface area contributed by atoms with Gasteiger partial charge in [0.05, 0.1) is 18.8 Å². The third-order valence-electron chi connectivity index (χ3n) is 4.61. The molecular formula is C19H18F3N3O. The number of halogens is 3. The van der Waals surface area contributed by atoms with E-state index in [-0.39, 0.29) is 11.0 Å². The van der Waals surface area contributed by atoms with E-state index in [0.717, 1.165) is 50.2 Å². The summed E-state index contributed by atoms with van der Waals surface area (Å²) < 4.78 is 44.8. The van der Waals surface area contributed by atoms with Gasteiger partial charge in [-0.05, 0) is 23.3 Å². The summed E-state index contributed by atoms with van der Waals surface area (Å²) >= 11 is 0. The van der Waals surface area contributed by atoms with Gasteiger partial charge < -0.3 is 9.72 Å². The molecule has 1 fully saturated rings. The molecule has 0 unspecified atom stereocenters. The number of morpholine rings is 1. The molecule has 3 heterocycles. The average Bonchev–Trinajstić information content (AvgIpc) is 3.06. The minimum Gasteiger partial charge on any atom is -0.379 e. The van der Waals surface area contributed by atoms with E-state index in [1.807, 2.05) is 24.3 Å². The number of rotatable bonds is 3. The Morgan fingerprint density at radius 3 is 2.69 bits per heavy atom. The van der Waals surface area contributed by atoms with Crippen molar-refractivity contribution in [1.29, 1.82) is 0 Å². The molecule has 0 spiro atoms. The van der Waals surface area contributed by atoms with Crippen molar-refractivity contribution in [3.63, 3.8) is 0 Å². The molecular weight excluding hydrogens is 343 g/mol. The Hall–Kier alpha value is -2.38. The van der Waals surface area contributed by atoms with Gasteiger partial charge in [0.2, 0.25) is 0 Å². The van der Waals surface area contributed by atoms with E-state index in [2.05, 4.69) is 14.9 Å². The lowest BCUT2D eigenvalue weighted by Gasteiger charge is -2.26. The first-order valence-corrected chi connectivity index (χ1v) is 8.44. The molecule has 1 aromatic carbocycles. The molecule has 2 aromatic heterocycles. The Bertz CT molecular complexity index is 914. The van der Waals surface area contributed by atoms with Crippen molar-refractivity contribution in [3.05, 3.63) is 53.9 Å². The van der Waals surface area contributed by atoms with Gasteiger partial charge in [-0.1, -0.05) is 18.2 Å². The van der Waals surface area contributed by atoms with E-state index in [9.17, 15) is 13.2 Å². The summed E-state index contributed by atoms with van der Waals surface area (Å²) in [7, 11) is 0. The fourth-order valence-corrected chi connectivity index (χ4v) is 3.26. The van der Waals surface area contributed by atoms with Crippen LogP contribution in [0.2, 0.25) is 0 Å². The number of nitrogens with one attached hydrogen (secondary N) is 1. The van der Waals surface area contributed by atoms with E-state index < -0.39 is 11.7 Å². The first-order valence-electron chi connectivity index (χ1n) is 8.44.